The van der Waals surface area contributed by atoms with E-state index in [4.69, 9.17) is 4.74 Å². The van der Waals surface area contributed by atoms with Crippen LogP contribution in [0, 0.1) is 6.92 Å². The summed E-state index contributed by atoms with van der Waals surface area (Å²) in [4.78, 5) is 15.4. The lowest BCUT2D eigenvalue weighted by Gasteiger charge is -2.11. The van der Waals surface area contributed by atoms with E-state index >= 15 is 0 Å². The maximum Gasteiger partial charge on any atom is 0.239 e. The Hall–Kier alpha value is -1.78. The summed E-state index contributed by atoms with van der Waals surface area (Å²) in [6.07, 6.45) is 1.63. The van der Waals surface area contributed by atoms with Crippen LogP contribution in [0.5, 0.6) is 5.75 Å². The lowest BCUT2D eigenvalue weighted by Crippen LogP contribution is -2.29. The summed E-state index contributed by atoms with van der Waals surface area (Å²) in [5.74, 6) is 0.592. The van der Waals surface area contributed by atoms with E-state index in [9.17, 15) is 4.79 Å². The van der Waals surface area contributed by atoms with Gasteiger partial charge in [0.2, 0.25) is 5.91 Å². The Morgan fingerprint density at radius 1 is 1.56 bits per heavy atom. The van der Waals surface area contributed by atoms with Crippen LogP contribution in [0.2, 0.25) is 0 Å². The first-order chi connectivity index (χ1) is 7.67. The highest BCUT2D eigenvalue weighted by Crippen LogP contribution is 2.22. The molecular formula is C11H17N3O2. The van der Waals surface area contributed by atoms with E-state index in [1.807, 2.05) is 19.9 Å². The van der Waals surface area contributed by atoms with Gasteiger partial charge in [0.05, 0.1) is 25.5 Å². The number of aryl methyl sites for hydroxylation is 1. The van der Waals surface area contributed by atoms with Crippen LogP contribution in [-0.2, 0) is 4.79 Å². The number of amides is 1. The van der Waals surface area contributed by atoms with Gasteiger partial charge in [0, 0.05) is 12.2 Å². The summed E-state index contributed by atoms with van der Waals surface area (Å²) < 4.78 is 5.14. The average molecular weight is 223 g/mol. The third-order valence-corrected chi connectivity index (χ3v) is 2.04. The lowest BCUT2D eigenvalue weighted by molar-refractivity contribution is -0.119. The van der Waals surface area contributed by atoms with Crippen LogP contribution < -0.4 is 15.4 Å². The molecule has 0 aliphatic heterocycles. The minimum atomic E-state index is -0.0426. The Labute approximate surface area is 95.2 Å². The molecular weight excluding hydrogens is 206 g/mol. The largest absolute Gasteiger partial charge is 0.493 e. The van der Waals surface area contributed by atoms with Gasteiger partial charge in [0.25, 0.3) is 0 Å². The Bertz CT molecular complexity index is 366. The predicted molar refractivity (Wildman–Crippen MR) is 62.7 cm³/mol. The minimum Gasteiger partial charge on any atom is -0.493 e. The molecule has 0 fully saturated rings. The molecule has 1 amide bonds. The van der Waals surface area contributed by atoms with Gasteiger partial charge in [-0.1, -0.05) is 0 Å². The van der Waals surface area contributed by atoms with Crippen molar-refractivity contribution in [3.05, 3.63) is 18.0 Å². The summed E-state index contributed by atoms with van der Waals surface area (Å²) in [6.45, 7) is 4.63. The fourth-order valence-electron chi connectivity index (χ4n) is 1.28. The van der Waals surface area contributed by atoms with Gasteiger partial charge >= 0.3 is 0 Å². The number of hydrogen-bond donors (Lipinski definition) is 2. The number of aromatic nitrogens is 1. The van der Waals surface area contributed by atoms with Gasteiger partial charge in [0.1, 0.15) is 0 Å². The first kappa shape index (κ1) is 12.3. The summed E-state index contributed by atoms with van der Waals surface area (Å²) in [5.41, 5.74) is 1.65. The molecule has 88 valence electrons. The Morgan fingerprint density at radius 2 is 2.31 bits per heavy atom. The molecule has 2 N–H and O–H groups in total. The average Bonchev–Trinajstić information content (AvgIpc) is 2.27. The Balaban J connectivity index is 2.65. The molecule has 5 nitrogen and oxygen atoms in total. The molecule has 1 aromatic heterocycles. The number of carbonyl (C=O) groups excluding carboxylic acids is 1. The maximum atomic E-state index is 11.3. The normalized spacial score (nSPS) is 9.69. The zero-order valence-electron chi connectivity index (χ0n) is 9.83. The van der Waals surface area contributed by atoms with E-state index in [2.05, 4.69) is 15.6 Å². The molecule has 1 aromatic rings. The molecule has 0 radical (unpaired) electrons. The highest BCUT2D eigenvalue weighted by molar-refractivity contribution is 5.81. The molecule has 1 heterocycles. The van der Waals surface area contributed by atoms with E-state index in [1.54, 1.807) is 13.3 Å². The number of hydrogen-bond acceptors (Lipinski definition) is 4. The number of anilines is 1. The molecule has 0 atom stereocenters. The van der Waals surface area contributed by atoms with Crippen LogP contribution in [0.25, 0.3) is 0 Å². The third-order valence-electron chi connectivity index (χ3n) is 2.04. The number of methoxy groups -OCH3 is 1. The van der Waals surface area contributed by atoms with E-state index in [0.717, 1.165) is 11.4 Å². The van der Waals surface area contributed by atoms with Crippen molar-refractivity contribution in [1.29, 1.82) is 0 Å². The van der Waals surface area contributed by atoms with Gasteiger partial charge in [-0.25, -0.2) is 0 Å². The van der Waals surface area contributed by atoms with Crippen LogP contribution >= 0.6 is 0 Å². The fourth-order valence-corrected chi connectivity index (χ4v) is 1.28. The quantitative estimate of drug-likeness (QED) is 0.780. The van der Waals surface area contributed by atoms with E-state index in [-0.39, 0.29) is 12.5 Å². The van der Waals surface area contributed by atoms with E-state index in [0.29, 0.717) is 12.3 Å². The van der Waals surface area contributed by atoms with Gasteiger partial charge in [-0.2, -0.15) is 0 Å². The van der Waals surface area contributed by atoms with Crippen molar-refractivity contribution < 1.29 is 9.53 Å². The highest BCUT2D eigenvalue weighted by Gasteiger charge is 2.05. The first-order valence-electron chi connectivity index (χ1n) is 5.18. The molecule has 0 aliphatic rings. The molecule has 1 rings (SSSR count). The maximum absolute atomic E-state index is 11.3. The number of rotatable bonds is 5. The number of carbonyl (C=O) groups is 1. The molecule has 5 heteroatoms. The fraction of sp³-hybridized carbons (Fsp3) is 0.455. The van der Waals surface area contributed by atoms with Crippen LogP contribution in [-0.4, -0.2) is 31.1 Å². The van der Waals surface area contributed by atoms with Gasteiger partial charge in [-0.3, -0.25) is 9.78 Å². The number of pyridine rings is 1. The molecule has 0 saturated carbocycles. The standard InChI is InChI=1S/C11H17N3O2/c1-4-12-11(15)7-14-9-5-8(2)13-6-10(9)16-3/h5-6H,4,7H2,1-3H3,(H,12,15)(H,13,14). The van der Waals surface area contributed by atoms with Gasteiger partial charge in [-0.05, 0) is 19.9 Å². The molecule has 0 unspecified atom stereocenters. The molecule has 0 aliphatic carbocycles. The Kier molecular flexibility index (Phi) is 4.57. The minimum absolute atomic E-state index is 0.0426. The first-order valence-corrected chi connectivity index (χ1v) is 5.18. The van der Waals surface area contributed by atoms with Crippen molar-refractivity contribution in [2.45, 2.75) is 13.8 Å². The second kappa shape index (κ2) is 5.95. The molecule has 16 heavy (non-hydrogen) atoms. The topological polar surface area (TPSA) is 63.2 Å². The van der Waals surface area contributed by atoms with Gasteiger partial charge in [-0.15, -0.1) is 0 Å². The number of likely N-dealkylation sites (N-methyl/N-ethyl adjacent to an activating group) is 1. The number of ether oxygens (including phenoxy) is 1. The second-order valence-electron chi connectivity index (χ2n) is 3.33. The van der Waals surface area contributed by atoms with E-state index in [1.165, 1.54) is 0 Å². The molecule has 0 aromatic carbocycles. The summed E-state index contributed by atoms with van der Waals surface area (Å²) >= 11 is 0. The van der Waals surface area contributed by atoms with Crippen molar-refractivity contribution in [2.24, 2.45) is 0 Å². The van der Waals surface area contributed by atoms with E-state index < -0.39 is 0 Å². The zero-order chi connectivity index (χ0) is 12.0. The van der Waals surface area contributed by atoms with Crippen molar-refractivity contribution >= 4 is 11.6 Å². The lowest BCUT2D eigenvalue weighted by atomic mass is 10.3. The molecule has 0 spiro atoms. The van der Waals surface area contributed by atoms with Crippen LogP contribution in [0.1, 0.15) is 12.6 Å². The summed E-state index contributed by atoms with van der Waals surface area (Å²) in [6, 6.07) is 1.85. The molecule has 0 saturated heterocycles. The second-order valence-corrected chi connectivity index (χ2v) is 3.33. The number of nitrogens with one attached hydrogen (secondary N) is 2. The predicted octanol–water partition coefficient (Wildman–Crippen LogP) is 0.947. The monoisotopic (exact) mass is 223 g/mol. The van der Waals surface area contributed by atoms with Gasteiger partial charge < -0.3 is 15.4 Å². The third kappa shape index (κ3) is 3.42. The summed E-state index contributed by atoms with van der Waals surface area (Å²) in [7, 11) is 1.57. The van der Waals surface area contributed by atoms with Crippen LogP contribution in [0.15, 0.2) is 12.3 Å². The van der Waals surface area contributed by atoms with Crippen LogP contribution in [0.4, 0.5) is 5.69 Å². The zero-order valence-corrected chi connectivity index (χ0v) is 9.83. The number of nitrogens with zero attached hydrogens (tertiary/aromatic N) is 1. The van der Waals surface area contributed by atoms with Crippen molar-refractivity contribution in [3.8, 4) is 5.75 Å². The smallest absolute Gasteiger partial charge is 0.239 e. The highest BCUT2D eigenvalue weighted by atomic mass is 16.5. The van der Waals surface area contributed by atoms with Crippen molar-refractivity contribution in [1.82, 2.24) is 10.3 Å². The SMILES string of the molecule is CCNC(=O)CNc1cc(C)ncc1OC. The van der Waals surface area contributed by atoms with Crippen molar-refractivity contribution in [2.75, 3.05) is 25.5 Å². The molecule has 0 bridgehead atoms. The van der Waals surface area contributed by atoms with Crippen LogP contribution in [0.3, 0.4) is 0 Å². The Morgan fingerprint density at radius 3 is 2.94 bits per heavy atom. The summed E-state index contributed by atoms with van der Waals surface area (Å²) in [5, 5.41) is 5.72. The van der Waals surface area contributed by atoms with Gasteiger partial charge in [0.15, 0.2) is 5.75 Å². The van der Waals surface area contributed by atoms with Crippen molar-refractivity contribution in [3.63, 3.8) is 0 Å².